The predicted molar refractivity (Wildman–Crippen MR) is 52.6 cm³/mol. The van der Waals surface area contributed by atoms with Crippen LogP contribution >= 0.6 is 0 Å². The summed E-state index contributed by atoms with van der Waals surface area (Å²) >= 11 is 0. The van der Waals surface area contributed by atoms with Crippen LogP contribution in [0.25, 0.3) is 0 Å². The second kappa shape index (κ2) is 5.27. The van der Waals surface area contributed by atoms with Crippen LogP contribution in [0.3, 0.4) is 0 Å². The molecule has 0 radical (unpaired) electrons. The maximum Gasteiger partial charge on any atom is 0.306 e. The number of esters is 1. The van der Waals surface area contributed by atoms with Crippen molar-refractivity contribution in [1.82, 2.24) is 0 Å². The van der Waals surface area contributed by atoms with Gasteiger partial charge in [0.2, 0.25) is 0 Å². The van der Waals surface area contributed by atoms with E-state index in [2.05, 4.69) is 6.58 Å². The van der Waals surface area contributed by atoms with Gasteiger partial charge in [-0.25, -0.2) is 0 Å². The fourth-order valence-corrected chi connectivity index (χ4v) is 1.09. The highest BCUT2D eigenvalue weighted by molar-refractivity contribution is 5.69. The molecule has 0 N–H and O–H groups in total. The minimum Gasteiger partial charge on any atom is -0.465 e. The van der Waals surface area contributed by atoms with Gasteiger partial charge in [0.1, 0.15) is 5.76 Å². The first-order chi connectivity index (χ1) is 6.77. The van der Waals surface area contributed by atoms with Crippen molar-refractivity contribution < 1.29 is 13.9 Å². The highest BCUT2D eigenvalue weighted by Crippen LogP contribution is 2.22. The zero-order valence-electron chi connectivity index (χ0n) is 8.23. The molecule has 0 aliphatic carbocycles. The third-order valence-corrected chi connectivity index (χ3v) is 1.80. The maximum atomic E-state index is 11.1. The van der Waals surface area contributed by atoms with Crippen molar-refractivity contribution >= 4 is 5.97 Å². The Bertz CT molecular complexity index is 287. The van der Waals surface area contributed by atoms with E-state index in [9.17, 15) is 4.79 Å². The topological polar surface area (TPSA) is 39.4 Å². The lowest BCUT2D eigenvalue weighted by Crippen LogP contribution is -2.09. The molecule has 1 atom stereocenters. The molecule has 1 rings (SSSR count). The number of hydrogen-bond acceptors (Lipinski definition) is 3. The molecule has 1 unspecified atom stereocenters. The van der Waals surface area contributed by atoms with Crippen LogP contribution in [0, 0.1) is 0 Å². The molecule has 3 nitrogen and oxygen atoms in total. The zero-order chi connectivity index (χ0) is 10.4. The Morgan fingerprint density at radius 3 is 3.07 bits per heavy atom. The van der Waals surface area contributed by atoms with E-state index in [4.69, 9.17) is 9.15 Å². The van der Waals surface area contributed by atoms with Crippen molar-refractivity contribution in [1.29, 1.82) is 0 Å². The normalized spacial score (nSPS) is 12.1. The van der Waals surface area contributed by atoms with Gasteiger partial charge in [0.05, 0.1) is 6.26 Å². The number of carbonyl (C=O) groups excluding carboxylic acids is 1. The van der Waals surface area contributed by atoms with Gasteiger partial charge in [-0.05, 0) is 12.1 Å². The first-order valence-electron chi connectivity index (χ1n) is 4.61. The van der Waals surface area contributed by atoms with Gasteiger partial charge in [-0.2, -0.15) is 0 Å². The standard InChI is InChI=1S/C11H14O3/c1-3-6-10(14-11(12)4-2)9-7-5-8-13-9/h3,5,7-8,10H,1,4,6H2,2H3. The third kappa shape index (κ3) is 2.76. The van der Waals surface area contributed by atoms with Crippen molar-refractivity contribution in [3.63, 3.8) is 0 Å². The Morgan fingerprint density at radius 2 is 2.57 bits per heavy atom. The molecule has 3 heteroatoms. The third-order valence-electron chi connectivity index (χ3n) is 1.80. The predicted octanol–water partition coefficient (Wildman–Crippen LogP) is 2.85. The summed E-state index contributed by atoms with van der Waals surface area (Å²) in [6.45, 7) is 5.37. The summed E-state index contributed by atoms with van der Waals surface area (Å²) in [6, 6.07) is 3.56. The number of furan rings is 1. The second-order valence-electron chi connectivity index (χ2n) is 2.87. The van der Waals surface area contributed by atoms with Gasteiger partial charge in [0, 0.05) is 12.8 Å². The van der Waals surface area contributed by atoms with Gasteiger partial charge in [-0.15, -0.1) is 6.58 Å². The van der Waals surface area contributed by atoms with Crippen molar-refractivity contribution in [2.45, 2.75) is 25.9 Å². The van der Waals surface area contributed by atoms with Crippen molar-refractivity contribution in [3.8, 4) is 0 Å². The summed E-state index contributed by atoms with van der Waals surface area (Å²) in [5.74, 6) is 0.431. The van der Waals surface area contributed by atoms with Crippen LogP contribution in [0.15, 0.2) is 35.5 Å². The average molecular weight is 194 g/mol. The number of hydrogen-bond donors (Lipinski definition) is 0. The number of rotatable bonds is 5. The Hall–Kier alpha value is -1.51. The molecule has 0 aliphatic rings. The van der Waals surface area contributed by atoms with Gasteiger partial charge in [-0.1, -0.05) is 13.0 Å². The molecule has 1 aromatic heterocycles. The average Bonchev–Trinajstić information content (AvgIpc) is 2.69. The van der Waals surface area contributed by atoms with Crippen molar-refractivity contribution in [2.75, 3.05) is 0 Å². The van der Waals surface area contributed by atoms with E-state index in [1.54, 1.807) is 31.4 Å². The molecule has 1 heterocycles. The minimum atomic E-state index is -0.338. The van der Waals surface area contributed by atoms with E-state index < -0.39 is 0 Å². The van der Waals surface area contributed by atoms with Gasteiger partial charge in [-0.3, -0.25) is 4.79 Å². The number of ether oxygens (including phenoxy) is 1. The van der Waals surface area contributed by atoms with Gasteiger partial charge >= 0.3 is 5.97 Å². The van der Waals surface area contributed by atoms with Crippen LogP contribution < -0.4 is 0 Å². The Kier molecular flexibility index (Phi) is 3.98. The highest BCUT2D eigenvalue weighted by Gasteiger charge is 2.16. The zero-order valence-corrected chi connectivity index (χ0v) is 8.23. The van der Waals surface area contributed by atoms with E-state index in [0.29, 0.717) is 18.6 Å². The van der Waals surface area contributed by atoms with Crippen LogP contribution in [-0.4, -0.2) is 5.97 Å². The summed E-state index contributed by atoms with van der Waals surface area (Å²) in [5.41, 5.74) is 0. The van der Waals surface area contributed by atoms with Gasteiger partial charge < -0.3 is 9.15 Å². The first-order valence-corrected chi connectivity index (χ1v) is 4.61. The largest absolute Gasteiger partial charge is 0.465 e. The Labute approximate surface area is 83.4 Å². The van der Waals surface area contributed by atoms with E-state index in [1.807, 2.05) is 0 Å². The summed E-state index contributed by atoms with van der Waals surface area (Å²) < 4.78 is 10.3. The fourth-order valence-electron chi connectivity index (χ4n) is 1.09. The molecule has 76 valence electrons. The lowest BCUT2D eigenvalue weighted by Gasteiger charge is -2.12. The van der Waals surface area contributed by atoms with E-state index in [1.165, 1.54) is 0 Å². The molecule has 0 aromatic carbocycles. The molecule has 0 fully saturated rings. The van der Waals surface area contributed by atoms with Crippen LogP contribution in [0.4, 0.5) is 0 Å². The molecule has 0 saturated carbocycles. The van der Waals surface area contributed by atoms with Crippen molar-refractivity contribution in [3.05, 3.63) is 36.8 Å². The van der Waals surface area contributed by atoms with Crippen LogP contribution in [0.5, 0.6) is 0 Å². The molecular weight excluding hydrogens is 180 g/mol. The monoisotopic (exact) mass is 194 g/mol. The SMILES string of the molecule is C=CCC(OC(=O)CC)c1ccco1. The lowest BCUT2D eigenvalue weighted by atomic mass is 10.2. The van der Waals surface area contributed by atoms with Crippen LogP contribution in [0.2, 0.25) is 0 Å². The van der Waals surface area contributed by atoms with E-state index >= 15 is 0 Å². The molecule has 1 aromatic rings. The van der Waals surface area contributed by atoms with Crippen LogP contribution in [-0.2, 0) is 9.53 Å². The van der Waals surface area contributed by atoms with Gasteiger partial charge in [0.25, 0.3) is 0 Å². The molecule has 0 spiro atoms. The first kappa shape index (κ1) is 10.6. The lowest BCUT2D eigenvalue weighted by molar-refractivity contribution is -0.149. The summed E-state index contributed by atoms with van der Waals surface area (Å²) in [6.07, 6.45) is 3.87. The van der Waals surface area contributed by atoms with Crippen molar-refractivity contribution in [2.24, 2.45) is 0 Å². The minimum absolute atomic E-state index is 0.228. The molecule has 14 heavy (non-hydrogen) atoms. The maximum absolute atomic E-state index is 11.1. The summed E-state index contributed by atoms with van der Waals surface area (Å²) in [4.78, 5) is 11.1. The molecular formula is C11H14O3. The van der Waals surface area contributed by atoms with E-state index in [-0.39, 0.29) is 12.1 Å². The summed E-state index contributed by atoms with van der Waals surface area (Å²) in [5, 5.41) is 0. The molecule has 0 saturated heterocycles. The molecule has 0 bridgehead atoms. The number of carbonyl (C=O) groups is 1. The van der Waals surface area contributed by atoms with Crippen LogP contribution in [0.1, 0.15) is 31.6 Å². The molecule has 0 amide bonds. The summed E-state index contributed by atoms with van der Waals surface area (Å²) in [7, 11) is 0. The molecule has 0 aliphatic heterocycles. The van der Waals surface area contributed by atoms with E-state index in [0.717, 1.165) is 0 Å². The fraction of sp³-hybridized carbons (Fsp3) is 0.364. The Morgan fingerprint density at radius 1 is 1.79 bits per heavy atom. The highest BCUT2D eigenvalue weighted by atomic mass is 16.6. The second-order valence-corrected chi connectivity index (χ2v) is 2.87. The smallest absolute Gasteiger partial charge is 0.306 e. The van der Waals surface area contributed by atoms with Gasteiger partial charge in [0.15, 0.2) is 6.10 Å². The quantitative estimate of drug-likeness (QED) is 0.534. The Balaban J connectivity index is 2.64.